The van der Waals surface area contributed by atoms with E-state index in [2.05, 4.69) is 29.3 Å². The minimum absolute atomic E-state index is 0.806. The molecule has 0 atom stereocenters. The van der Waals surface area contributed by atoms with Crippen molar-refractivity contribution in [2.24, 2.45) is 4.99 Å². The maximum Gasteiger partial charge on any atom is 0.0600 e. The Kier molecular flexibility index (Phi) is 3.84. The van der Waals surface area contributed by atoms with Crippen molar-refractivity contribution in [3.8, 4) is 0 Å². The third-order valence-corrected chi connectivity index (χ3v) is 4.71. The summed E-state index contributed by atoms with van der Waals surface area (Å²) in [6.07, 6.45) is 8.99. The second-order valence-corrected chi connectivity index (χ2v) is 6.01. The van der Waals surface area contributed by atoms with Gasteiger partial charge in [0.1, 0.15) is 0 Å². The molecular weight excluding hydrogens is 238 g/mol. The number of benzene rings is 1. The molecule has 94 valence electrons. The molecule has 1 saturated carbocycles. The molecule has 0 radical (unpaired) electrons. The normalized spacial score (nSPS) is 20.8. The lowest BCUT2D eigenvalue weighted by atomic mass is 9.84. The van der Waals surface area contributed by atoms with E-state index < -0.39 is 0 Å². The lowest BCUT2D eigenvalue weighted by Crippen LogP contribution is -2.04. The Balaban J connectivity index is 1.76. The number of thioether (sulfide) groups is 1. The van der Waals surface area contributed by atoms with Crippen molar-refractivity contribution in [2.45, 2.75) is 38.0 Å². The Bertz CT molecular complexity index is 452. The van der Waals surface area contributed by atoms with Gasteiger partial charge in [-0.15, -0.1) is 11.8 Å². The first-order valence-corrected chi connectivity index (χ1v) is 7.91. The van der Waals surface area contributed by atoms with E-state index in [9.17, 15) is 0 Å². The fraction of sp³-hybridized carbons (Fsp3) is 0.438. The first-order chi connectivity index (χ1) is 8.93. The van der Waals surface area contributed by atoms with Crippen molar-refractivity contribution < 1.29 is 0 Å². The molecule has 1 fully saturated rings. The van der Waals surface area contributed by atoms with Crippen LogP contribution in [0.25, 0.3) is 5.57 Å². The quantitative estimate of drug-likeness (QED) is 0.737. The summed E-state index contributed by atoms with van der Waals surface area (Å²) in [5.41, 5.74) is 6.13. The molecule has 0 unspecified atom stereocenters. The molecule has 1 heterocycles. The van der Waals surface area contributed by atoms with E-state index >= 15 is 0 Å². The van der Waals surface area contributed by atoms with Crippen molar-refractivity contribution in [1.82, 2.24) is 0 Å². The fourth-order valence-corrected chi connectivity index (χ4v) is 3.53. The van der Waals surface area contributed by atoms with Crippen molar-refractivity contribution in [2.75, 3.05) is 5.75 Å². The summed E-state index contributed by atoms with van der Waals surface area (Å²) in [4.78, 5) is 4.22. The molecule has 0 N–H and O–H groups in total. The summed E-state index contributed by atoms with van der Waals surface area (Å²) in [6.45, 7) is 0. The van der Waals surface area contributed by atoms with Crippen LogP contribution in [-0.2, 0) is 0 Å². The Labute approximate surface area is 113 Å². The maximum absolute atomic E-state index is 4.22. The number of aliphatic imine (C=N–C) groups is 1. The van der Waals surface area contributed by atoms with Gasteiger partial charge in [0.05, 0.1) is 5.55 Å². The Morgan fingerprint density at radius 3 is 2.44 bits per heavy atom. The topological polar surface area (TPSA) is 12.4 Å². The molecule has 0 saturated heterocycles. The van der Waals surface area contributed by atoms with Gasteiger partial charge in [-0.3, -0.25) is 4.99 Å². The lowest BCUT2D eigenvalue weighted by Gasteiger charge is -2.22. The van der Waals surface area contributed by atoms with Crippen molar-refractivity contribution >= 4 is 22.9 Å². The summed E-state index contributed by atoms with van der Waals surface area (Å²) in [6, 6.07) is 9.21. The Hall–Kier alpha value is -1.02. The first-order valence-electron chi connectivity index (χ1n) is 6.86. The van der Waals surface area contributed by atoms with E-state index in [0.29, 0.717) is 0 Å². The van der Waals surface area contributed by atoms with Crippen LogP contribution in [0.5, 0.6) is 0 Å². The highest BCUT2D eigenvalue weighted by Gasteiger charge is 2.15. The molecule has 18 heavy (non-hydrogen) atoms. The van der Waals surface area contributed by atoms with Crippen LogP contribution in [0.4, 0.5) is 0 Å². The monoisotopic (exact) mass is 257 g/mol. The Morgan fingerprint density at radius 2 is 1.78 bits per heavy atom. The van der Waals surface area contributed by atoms with E-state index in [-0.39, 0.29) is 0 Å². The number of hydrogen-bond donors (Lipinski definition) is 0. The molecule has 0 amide bonds. The summed E-state index contributed by atoms with van der Waals surface area (Å²) in [7, 11) is 0. The fourth-order valence-electron chi connectivity index (χ4n) is 2.89. The molecule has 1 nitrogen and oxygen atoms in total. The molecule has 2 heteroatoms. The van der Waals surface area contributed by atoms with Gasteiger partial charge >= 0.3 is 0 Å². The minimum atomic E-state index is 0.806. The van der Waals surface area contributed by atoms with E-state index in [4.69, 9.17) is 0 Å². The predicted molar refractivity (Wildman–Crippen MR) is 81.2 cm³/mol. The summed E-state index contributed by atoms with van der Waals surface area (Å²) in [5.74, 6) is 1.85. The minimum Gasteiger partial charge on any atom is -0.258 e. The number of hydrogen-bond acceptors (Lipinski definition) is 2. The van der Waals surface area contributed by atoms with Crippen LogP contribution in [0, 0.1) is 0 Å². The van der Waals surface area contributed by atoms with E-state index in [0.717, 1.165) is 11.7 Å². The number of nitrogens with zero attached hydrogens (tertiary/aromatic N) is 1. The van der Waals surface area contributed by atoms with E-state index in [1.807, 2.05) is 11.7 Å². The maximum atomic E-state index is 4.22. The zero-order valence-corrected chi connectivity index (χ0v) is 11.5. The zero-order valence-electron chi connectivity index (χ0n) is 10.6. The first kappa shape index (κ1) is 12.0. The molecule has 0 spiro atoms. The van der Waals surface area contributed by atoms with Crippen LogP contribution < -0.4 is 0 Å². The van der Waals surface area contributed by atoms with Gasteiger partial charge in [0, 0.05) is 12.0 Å². The lowest BCUT2D eigenvalue weighted by molar-refractivity contribution is 0.443. The van der Waals surface area contributed by atoms with Gasteiger partial charge in [0.15, 0.2) is 0 Å². The summed E-state index contributed by atoms with van der Waals surface area (Å²) in [5, 5.41) is 0. The molecule has 1 aromatic carbocycles. The van der Waals surface area contributed by atoms with Crippen molar-refractivity contribution in [3.63, 3.8) is 0 Å². The van der Waals surface area contributed by atoms with Crippen LogP contribution in [0.2, 0.25) is 0 Å². The highest BCUT2D eigenvalue weighted by Crippen LogP contribution is 2.33. The molecule has 1 aliphatic heterocycles. The molecule has 2 aliphatic rings. The highest BCUT2D eigenvalue weighted by molar-refractivity contribution is 8.12. The van der Waals surface area contributed by atoms with E-state index in [1.54, 1.807) is 11.8 Å². The largest absolute Gasteiger partial charge is 0.258 e. The molecule has 3 rings (SSSR count). The molecule has 0 bridgehead atoms. The van der Waals surface area contributed by atoms with Gasteiger partial charge in [-0.05, 0) is 35.5 Å². The van der Waals surface area contributed by atoms with Gasteiger partial charge in [-0.25, -0.2) is 0 Å². The standard InChI is InChI=1S/C16H19NS/c1-2-4-13(5-3-1)14-6-8-15(9-7-14)16-10-17-12-18-11-16/h6-10,12-13H,1-5,11H2. The van der Waals surface area contributed by atoms with E-state index in [1.165, 1.54) is 48.8 Å². The van der Waals surface area contributed by atoms with Crippen LogP contribution in [0.3, 0.4) is 0 Å². The van der Waals surface area contributed by atoms with Crippen LogP contribution in [-0.4, -0.2) is 11.3 Å². The van der Waals surface area contributed by atoms with Gasteiger partial charge < -0.3 is 0 Å². The van der Waals surface area contributed by atoms with Gasteiger partial charge in [-0.2, -0.15) is 0 Å². The average molecular weight is 257 g/mol. The smallest absolute Gasteiger partial charge is 0.0600 e. The highest BCUT2D eigenvalue weighted by atomic mass is 32.2. The second kappa shape index (κ2) is 5.75. The third-order valence-electron chi connectivity index (χ3n) is 3.96. The molecule has 1 aromatic rings. The number of rotatable bonds is 2. The third kappa shape index (κ3) is 2.69. The Morgan fingerprint density at radius 1 is 1.00 bits per heavy atom. The average Bonchev–Trinajstić information content (AvgIpc) is 2.49. The summed E-state index contributed by atoms with van der Waals surface area (Å²) >= 11 is 1.77. The van der Waals surface area contributed by atoms with Crippen molar-refractivity contribution in [1.29, 1.82) is 0 Å². The predicted octanol–water partition coefficient (Wildman–Crippen LogP) is 4.85. The van der Waals surface area contributed by atoms with Gasteiger partial charge in [0.2, 0.25) is 0 Å². The van der Waals surface area contributed by atoms with Crippen molar-refractivity contribution in [3.05, 3.63) is 41.6 Å². The zero-order chi connectivity index (χ0) is 12.2. The van der Waals surface area contributed by atoms with Crippen LogP contribution in [0.15, 0.2) is 35.5 Å². The van der Waals surface area contributed by atoms with Crippen LogP contribution >= 0.6 is 11.8 Å². The summed E-state index contributed by atoms with van der Waals surface area (Å²) < 4.78 is 0. The van der Waals surface area contributed by atoms with Gasteiger partial charge in [-0.1, -0.05) is 43.5 Å². The van der Waals surface area contributed by atoms with Gasteiger partial charge in [0.25, 0.3) is 0 Å². The van der Waals surface area contributed by atoms with Crippen LogP contribution in [0.1, 0.15) is 49.1 Å². The molecular formula is C16H19NS. The molecule has 1 aliphatic carbocycles. The second-order valence-electron chi connectivity index (χ2n) is 5.18. The SMILES string of the molecule is C1=NC=C(c2ccc(C3CCCCC3)cc2)CS1. The molecule has 0 aromatic heterocycles.